The Morgan fingerprint density at radius 1 is 1.35 bits per heavy atom. The summed E-state index contributed by atoms with van der Waals surface area (Å²) in [7, 11) is 1.94. The van der Waals surface area contributed by atoms with Gasteiger partial charge in [0.1, 0.15) is 12.4 Å². The van der Waals surface area contributed by atoms with E-state index in [1.165, 1.54) is 6.07 Å². The number of hydrogen-bond donors (Lipinski definition) is 1. The molecule has 5 nitrogen and oxygen atoms in total. The van der Waals surface area contributed by atoms with Crippen LogP contribution in [0.2, 0.25) is 0 Å². The molecule has 0 aliphatic heterocycles. The molecule has 0 aliphatic carbocycles. The number of aliphatic imine (C=N–C) groups is 1. The van der Waals surface area contributed by atoms with Crippen molar-refractivity contribution in [3.63, 3.8) is 0 Å². The summed E-state index contributed by atoms with van der Waals surface area (Å²) < 4.78 is 31.4. The first kappa shape index (κ1) is 22.6. The number of benzene rings is 1. The largest absolute Gasteiger partial charge is 0.492 e. The van der Waals surface area contributed by atoms with E-state index in [4.69, 9.17) is 4.74 Å². The Labute approximate surface area is 173 Å². The number of thiazole rings is 1. The van der Waals surface area contributed by atoms with Crippen molar-refractivity contribution in [3.8, 4) is 5.75 Å². The average Bonchev–Trinajstić information content (AvgIpc) is 2.98. The summed E-state index contributed by atoms with van der Waals surface area (Å²) in [5.41, 5.74) is 0.994. The molecule has 0 atom stereocenters. The molecule has 0 fully saturated rings. The molecule has 0 unspecified atom stereocenters. The van der Waals surface area contributed by atoms with Gasteiger partial charge in [0, 0.05) is 25.0 Å². The fraction of sp³-hybridized carbons (Fsp3) is 0.412. The van der Waals surface area contributed by atoms with Crippen molar-refractivity contribution in [1.29, 1.82) is 0 Å². The number of halogens is 3. The van der Waals surface area contributed by atoms with Crippen molar-refractivity contribution in [2.75, 3.05) is 26.7 Å². The molecule has 0 bridgehead atoms. The van der Waals surface area contributed by atoms with Gasteiger partial charge >= 0.3 is 0 Å². The number of hydrogen-bond acceptors (Lipinski definition) is 4. The van der Waals surface area contributed by atoms with Crippen molar-refractivity contribution >= 4 is 41.3 Å². The van der Waals surface area contributed by atoms with E-state index in [2.05, 4.69) is 15.3 Å². The molecule has 26 heavy (non-hydrogen) atoms. The van der Waals surface area contributed by atoms with Gasteiger partial charge in [-0.05, 0) is 26.0 Å². The van der Waals surface area contributed by atoms with E-state index in [1.807, 2.05) is 31.2 Å². The predicted octanol–water partition coefficient (Wildman–Crippen LogP) is 3.82. The number of nitrogens with one attached hydrogen (secondary N) is 1. The Morgan fingerprint density at radius 3 is 2.73 bits per heavy atom. The second kappa shape index (κ2) is 11.3. The smallest absolute Gasteiger partial charge is 0.194 e. The standard InChI is InChI=1S/C17H22F2N4OS.HI/c1-4-20-17(23(3)10-13-11-25-12(2)22-13)21-7-8-24-14-5-6-15(18)16(19)9-14;/h5-6,9,11H,4,7-8,10H2,1-3H3,(H,20,21);1H. The molecule has 1 aromatic carbocycles. The van der Waals surface area contributed by atoms with Crippen molar-refractivity contribution in [1.82, 2.24) is 15.2 Å². The number of aromatic nitrogens is 1. The van der Waals surface area contributed by atoms with Gasteiger partial charge in [0.2, 0.25) is 0 Å². The van der Waals surface area contributed by atoms with Gasteiger partial charge in [-0.3, -0.25) is 0 Å². The fourth-order valence-corrected chi connectivity index (χ4v) is 2.75. The van der Waals surface area contributed by atoms with Crippen molar-refractivity contribution in [2.24, 2.45) is 4.99 Å². The molecule has 2 rings (SSSR count). The van der Waals surface area contributed by atoms with Crippen LogP contribution in [0.25, 0.3) is 0 Å². The highest BCUT2D eigenvalue weighted by atomic mass is 127. The van der Waals surface area contributed by atoms with E-state index in [0.29, 0.717) is 13.1 Å². The maximum absolute atomic E-state index is 13.1. The molecule has 1 N–H and O–H groups in total. The zero-order chi connectivity index (χ0) is 18.2. The van der Waals surface area contributed by atoms with E-state index < -0.39 is 11.6 Å². The maximum Gasteiger partial charge on any atom is 0.194 e. The summed E-state index contributed by atoms with van der Waals surface area (Å²) in [6, 6.07) is 3.46. The number of rotatable bonds is 7. The molecule has 2 aromatic rings. The summed E-state index contributed by atoms with van der Waals surface area (Å²) in [6.07, 6.45) is 0. The van der Waals surface area contributed by atoms with Crippen LogP contribution in [0.3, 0.4) is 0 Å². The average molecular weight is 496 g/mol. The zero-order valence-electron chi connectivity index (χ0n) is 15.0. The van der Waals surface area contributed by atoms with Crippen molar-refractivity contribution in [3.05, 3.63) is 45.9 Å². The van der Waals surface area contributed by atoms with Crippen LogP contribution in [0.4, 0.5) is 8.78 Å². The van der Waals surface area contributed by atoms with Crippen LogP contribution in [0.15, 0.2) is 28.6 Å². The van der Waals surface area contributed by atoms with Crippen LogP contribution >= 0.6 is 35.3 Å². The van der Waals surface area contributed by atoms with Crippen LogP contribution in [0.5, 0.6) is 5.75 Å². The number of aryl methyl sites for hydroxylation is 1. The zero-order valence-corrected chi connectivity index (χ0v) is 18.1. The third kappa shape index (κ3) is 7.02. The molecule has 144 valence electrons. The van der Waals surface area contributed by atoms with Crippen LogP contribution in [0.1, 0.15) is 17.6 Å². The highest BCUT2D eigenvalue weighted by molar-refractivity contribution is 14.0. The quantitative estimate of drug-likeness (QED) is 0.274. The highest BCUT2D eigenvalue weighted by Crippen LogP contribution is 2.15. The highest BCUT2D eigenvalue weighted by Gasteiger charge is 2.08. The molecule has 1 heterocycles. The lowest BCUT2D eigenvalue weighted by Gasteiger charge is -2.21. The number of nitrogens with zero attached hydrogens (tertiary/aromatic N) is 3. The number of ether oxygens (including phenoxy) is 1. The summed E-state index contributed by atoms with van der Waals surface area (Å²) in [5.74, 6) is -0.793. The topological polar surface area (TPSA) is 49.8 Å². The predicted molar refractivity (Wildman–Crippen MR) is 112 cm³/mol. The first-order chi connectivity index (χ1) is 12.0. The van der Waals surface area contributed by atoms with Crippen molar-refractivity contribution in [2.45, 2.75) is 20.4 Å². The van der Waals surface area contributed by atoms with Gasteiger partial charge in [-0.2, -0.15) is 0 Å². The van der Waals surface area contributed by atoms with E-state index in [0.717, 1.165) is 35.3 Å². The Hall–Kier alpha value is -1.49. The summed E-state index contributed by atoms with van der Waals surface area (Å²) in [4.78, 5) is 10.9. The second-order valence-corrected chi connectivity index (χ2v) is 6.44. The van der Waals surface area contributed by atoms with Crippen LogP contribution in [-0.2, 0) is 6.54 Å². The lowest BCUT2D eigenvalue weighted by Crippen LogP contribution is -2.38. The second-order valence-electron chi connectivity index (χ2n) is 5.37. The molecule has 0 amide bonds. The molecular formula is C17H23F2IN4OS. The summed E-state index contributed by atoms with van der Waals surface area (Å²) in [6.45, 7) is 6.02. The molecule has 1 aromatic heterocycles. The third-order valence-corrected chi connectivity index (χ3v) is 4.10. The summed E-state index contributed by atoms with van der Waals surface area (Å²) in [5, 5.41) is 6.27. The van der Waals surface area contributed by atoms with Gasteiger partial charge in [-0.25, -0.2) is 18.8 Å². The van der Waals surface area contributed by atoms with Crippen LogP contribution < -0.4 is 10.1 Å². The van der Waals surface area contributed by atoms with Gasteiger partial charge in [0.25, 0.3) is 0 Å². The van der Waals surface area contributed by atoms with E-state index in [-0.39, 0.29) is 36.3 Å². The lowest BCUT2D eigenvalue weighted by atomic mass is 10.3. The van der Waals surface area contributed by atoms with E-state index >= 15 is 0 Å². The minimum absolute atomic E-state index is 0. The van der Waals surface area contributed by atoms with E-state index in [9.17, 15) is 8.78 Å². The molecule has 9 heteroatoms. The Morgan fingerprint density at radius 2 is 2.12 bits per heavy atom. The number of guanidine groups is 1. The monoisotopic (exact) mass is 496 g/mol. The molecule has 0 aliphatic rings. The van der Waals surface area contributed by atoms with Crippen LogP contribution in [0, 0.1) is 18.6 Å². The van der Waals surface area contributed by atoms with Crippen LogP contribution in [-0.4, -0.2) is 42.6 Å². The van der Waals surface area contributed by atoms with Gasteiger partial charge in [0.15, 0.2) is 17.6 Å². The SMILES string of the molecule is CCNC(=NCCOc1ccc(F)c(F)c1)N(C)Cc1csc(C)n1.I. The van der Waals surface area contributed by atoms with Crippen molar-refractivity contribution < 1.29 is 13.5 Å². The van der Waals surface area contributed by atoms with Gasteiger partial charge < -0.3 is 15.0 Å². The Bertz CT molecular complexity index is 727. The maximum atomic E-state index is 13.1. The van der Waals surface area contributed by atoms with E-state index in [1.54, 1.807) is 11.3 Å². The fourth-order valence-electron chi connectivity index (χ4n) is 2.15. The first-order valence-electron chi connectivity index (χ1n) is 7.98. The van der Waals surface area contributed by atoms with Gasteiger partial charge in [0.05, 0.1) is 23.8 Å². The third-order valence-electron chi connectivity index (χ3n) is 3.27. The summed E-state index contributed by atoms with van der Waals surface area (Å²) >= 11 is 1.62. The molecular weight excluding hydrogens is 473 g/mol. The molecule has 0 spiro atoms. The Kier molecular flexibility index (Phi) is 9.78. The minimum Gasteiger partial charge on any atom is -0.492 e. The van der Waals surface area contributed by atoms with Gasteiger partial charge in [-0.15, -0.1) is 35.3 Å². The molecule has 0 saturated carbocycles. The lowest BCUT2D eigenvalue weighted by molar-refractivity contribution is 0.324. The van der Waals surface area contributed by atoms with Gasteiger partial charge in [-0.1, -0.05) is 0 Å². The minimum atomic E-state index is -0.923. The first-order valence-corrected chi connectivity index (χ1v) is 8.86. The normalized spacial score (nSPS) is 11.0. The molecule has 0 saturated heterocycles. The Balaban J connectivity index is 0.00000338. The molecule has 0 radical (unpaired) electrons.